The molecule has 3 N–H and O–H groups in total. The Labute approximate surface area is 180 Å². The third kappa shape index (κ3) is 14.3. The van der Waals surface area contributed by atoms with Gasteiger partial charge in [-0.15, -0.1) is 11.3 Å². The highest BCUT2D eigenvalue weighted by atomic mass is 32.2. The van der Waals surface area contributed by atoms with Gasteiger partial charge in [0.15, 0.2) is 5.79 Å². The van der Waals surface area contributed by atoms with Gasteiger partial charge >= 0.3 is 5.97 Å². The normalized spacial score (nSPS) is 20.4. The number of hydrogen-bond donors (Lipinski definition) is 3. The number of carbonyl (C=O) groups excluding carboxylic acids is 1. The van der Waals surface area contributed by atoms with E-state index in [1.807, 2.05) is 24.8 Å². The average molecular weight is 449 g/mol. The highest BCUT2D eigenvalue weighted by Gasteiger charge is 2.41. The lowest BCUT2D eigenvalue weighted by Crippen LogP contribution is -2.27. The molecule has 1 aliphatic heterocycles. The largest absolute Gasteiger partial charge is 0.463 e. The van der Waals surface area contributed by atoms with Gasteiger partial charge in [0, 0.05) is 25.7 Å². The van der Waals surface area contributed by atoms with Crippen LogP contribution in [-0.4, -0.2) is 62.3 Å². The summed E-state index contributed by atoms with van der Waals surface area (Å²) < 4.78 is 10.6. The van der Waals surface area contributed by atoms with Gasteiger partial charge in [0.1, 0.15) is 12.9 Å². The number of aliphatic hydroxyl groups is 3. The van der Waals surface area contributed by atoms with Crippen LogP contribution < -0.4 is 0 Å². The van der Waals surface area contributed by atoms with Crippen LogP contribution in [0.2, 0.25) is 0 Å². The predicted octanol–water partition coefficient (Wildman–Crippen LogP) is 2.54. The smallest absolute Gasteiger partial charge is 0.302 e. The number of thioether (sulfide) groups is 1. The molecule has 2 heterocycles. The van der Waals surface area contributed by atoms with Gasteiger partial charge in [-0.25, -0.2) is 9.97 Å². The Morgan fingerprint density at radius 1 is 1.38 bits per heavy atom. The number of carbonyl (C=O) groups is 1. The van der Waals surface area contributed by atoms with E-state index in [4.69, 9.17) is 19.7 Å². The van der Waals surface area contributed by atoms with E-state index in [0.29, 0.717) is 17.7 Å². The van der Waals surface area contributed by atoms with Crippen molar-refractivity contribution in [2.24, 2.45) is 0 Å². The fourth-order valence-electron chi connectivity index (χ4n) is 1.96. The van der Waals surface area contributed by atoms with E-state index in [1.54, 1.807) is 24.2 Å². The zero-order chi connectivity index (χ0) is 22.5. The molecule has 8 nitrogen and oxygen atoms in total. The molecule has 2 rings (SSSR count). The SMILES string of the molecule is CC(=O)OCC1CCC(O)(c2cncncc(C)cs2)O1.CC(C)(O)O.CSC. The predicted molar refractivity (Wildman–Crippen MR) is 115 cm³/mol. The van der Waals surface area contributed by atoms with Gasteiger partial charge in [-0.3, -0.25) is 4.79 Å². The number of rotatable bonds is 3. The van der Waals surface area contributed by atoms with E-state index < -0.39 is 11.6 Å². The molecule has 1 aromatic heterocycles. The van der Waals surface area contributed by atoms with Gasteiger partial charge in [-0.05, 0) is 50.6 Å². The van der Waals surface area contributed by atoms with E-state index in [9.17, 15) is 9.90 Å². The molecule has 0 spiro atoms. The molecule has 0 bridgehead atoms. The van der Waals surface area contributed by atoms with E-state index >= 15 is 0 Å². The molecule has 2 unspecified atom stereocenters. The molecular formula is C19H32N2O6S2. The zero-order valence-corrected chi connectivity index (χ0v) is 19.4. The maximum absolute atomic E-state index is 10.8. The van der Waals surface area contributed by atoms with Gasteiger partial charge in [0.05, 0.1) is 11.0 Å². The first-order chi connectivity index (χ1) is 13.4. The number of nitrogens with zero attached hydrogens (tertiary/aromatic N) is 2. The van der Waals surface area contributed by atoms with Crippen molar-refractivity contribution >= 4 is 29.1 Å². The topological polar surface area (TPSA) is 122 Å². The van der Waals surface area contributed by atoms with Gasteiger partial charge in [-0.2, -0.15) is 11.8 Å². The van der Waals surface area contributed by atoms with E-state index in [1.165, 1.54) is 38.4 Å². The number of aromatic nitrogens is 2. The number of aryl methyl sites for hydroxylation is 1. The maximum Gasteiger partial charge on any atom is 0.302 e. The minimum atomic E-state index is -1.50. The van der Waals surface area contributed by atoms with Crippen molar-refractivity contribution in [2.75, 3.05) is 19.1 Å². The summed E-state index contributed by atoms with van der Waals surface area (Å²) in [6, 6.07) is 0. The van der Waals surface area contributed by atoms with Crippen molar-refractivity contribution < 1.29 is 29.6 Å². The van der Waals surface area contributed by atoms with Crippen LogP contribution in [0.5, 0.6) is 0 Å². The van der Waals surface area contributed by atoms with Gasteiger partial charge in [0.2, 0.25) is 5.79 Å². The molecule has 10 heteroatoms. The summed E-state index contributed by atoms with van der Waals surface area (Å²) in [5.41, 5.74) is 0.956. The monoisotopic (exact) mass is 448 g/mol. The lowest BCUT2D eigenvalue weighted by atomic mass is 10.1. The number of ether oxygens (including phenoxy) is 2. The fourth-order valence-corrected chi connectivity index (χ4v) is 2.79. The van der Waals surface area contributed by atoms with E-state index in [0.717, 1.165) is 5.56 Å². The standard InChI is InChI=1S/C14H18N2O4S.C3H8O2.C2H6S/c1-10-5-15-9-16-6-13(21-8-10)14(18)4-3-12(20-14)7-19-11(2)17;1-3(2,4)5;1-3-2/h5-6,8-9,12,18H,3-4,7H2,1-2H3;4-5H,1-2H3;1-2H3. The maximum atomic E-state index is 10.8. The molecule has 1 aliphatic rings. The van der Waals surface area contributed by atoms with Crippen molar-refractivity contribution in [3.05, 3.63) is 34.5 Å². The molecule has 2 atom stereocenters. The summed E-state index contributed by atoms with van der Waals surface area (Å²) in [5.74, 6) is -3.25. The average Bonchev–Trinajstić information content (AvgIpc) is 3.00. The van der Waals surface area contributed by atoms with Crippen LogP contribution in [-0.2, 0) is 20.1 Å². The second-order valence-electron chi connectivity index (χ2n) is 6.78. The minimum Gasteiger partial charge on any atom is -0.463 e. The Morgan fingerprint density at radius 2 is 1.93 bits per heavy atom. The van der Waals surface area contributed by atoms with E-state index in [2.05, 4.69) is 9.97 Å². The molecule has 0 amide bonds. The van der Waals surface area contributed by atoms with Crippen LogP contribution in [0, 0.1) is 6.92 Å². The van der Waals surface area contributed by atoms with Crippen LogP contribution in [0.1, 0.15) is 44.1 Å². The van der Waals surface area contributed by atoms with Crippen LogP contribution in [0.15, 0.2) is 24.1 Å². The van der Waals surface area contributed by atoms with Crippen LogP contribution >= 0.6 is 23.1 Å². The van der Waals surface area contributed by atoms with Gasteiger partial charge in [0.25, 0.3) is 0 Å². The van der Waals surface area contributed by atoms with Crippen LogP contribution in [0.3, 0.4) is 0 Å². The molecule has 1 fully saturated rings. The Balaban J connectivity index is 0.000000838. The Morgan fingerprint density at radius 3 is 2.48 bits per heavy atom. The summed E-state index contributed by atoms with van der Waals surface area (Å²) in [6.45, 7) is 6.01. The first-order valence-corrected chi connectivity index (χ1v) is 11.4. The summed E-state index contributed by atoms with van der Waals surface area (Å²) in [7, 11) is 0. The van der Waals surface area contributed by atoms with Crippen molar-refractivity contribution in [3.8, 4) is 0 Å². The molecular weight excluding hydrogens is 416 g/mol. The first-order valence-electron chi connectivity index (χ1n) is 8.88. The highest BCUT2D eigenvalue weighted by Crippen LogP contribution is 2.38. The molecule has 0 aromatic carbocycles. The quantitative estimate of drug-likeness (QED) is 0.473. The summed E-state index contributed by atoms with van der Waals surface area (Å²) in [4.78, 5) is 19.4. The Bertz CT molecular complexity index is 658. The van der Waals surface area contributed by atoms with Gasteiger partial charge in [-0.1, -0.05) is 0 Å². The summed E-state index contributed by atoms with van der Waals surface area (Å²) in [5, 5.41) is 28.7. The van der Waals surface area contributed by atoms with Crippen LogP contribution in [0.4, 0.5) is 0 Å². The summed E-state index contributed by atoms with van der Waals surface area (Å²) >= 11 is 3.10. The number of esters is 1. The Hall–Kier alpha value is -1.30. The van der Waals surface area contributed by atoms with Crippen molar-refractivity contribution in [2.45, 2.75) is 58.2 Å². The fraction of sp³-hybridized carbons (Fsp3) is 0.632. The zero-order valence-electron chi connectivity index (χ0n) is 17.8. The summed E-state index contributed by atoms with van der Waals surface area (Å²) in [6.07, 6.45) is 9.48. The minimum absolute atomic E-state index is 0.150. The second-order valence-corrected chi connectivity index (χ2v) is 8.51. The first kappa shape index (κ1) is 27.7. The molecule has 1 aromatic rings. The molecule has 0 radical (unpaired) electrons. The van der Waals surface area contributed by atoms with Gasteiger partial charge < -0.3 is 24.8 Å². The molecule has 1 saturated heterocycles. The second kappa shape index (κ2) is 13.8. The van der Waals surface area contributed by atoms with Crippen molar-refractivity contribution in [3.63, 3.8) is 0 Å². The van der Waals surface area contributed by atoms with Crippen LogP contribution in [0.25, 0.3) is 0 Å². The third-order valence-electron chi connectivity index (χ3n) is 3.00. The number of hydrogen-bond acceptors (Lipinski definition) is 10. The van der Waals surface area contributed by atoms with E-state index in [-0.39, 0.29) is 18.7 Å². The molecule has 0 saturated carbocycles. The molecule has 29 heavy (non-hydrogen) atoms. The highest BCUT2D eigenvalue weighted by molar-refractivity contribution is 7.97. The lowest BCUT2D eigenvalue weighted by molar-refractivity contribution is -0.206. The molecule has 166 valence electrons. The third-order valence-corrected chi connectivity index (χ3v) is 4.17. The van der Waals surface area contributed by atoms with Crippen molar-refractivity contribution in [1.29, 1.82) is 0 Å². The Kier molecular flexibility index (Phi) is 13.2. The molecule has 0 aliphatic carbocycles. The van der Waals surface area contributed by atoms with Crippen molar-refractivity contribution in [1.82, 2.24) is 9.97 Å². The lowest BCUT2D eigenvalue weighted by Gasteiger charge is -2.22.